The third-order valence-electron chi connectivity index (χ3n) is 7.66. The maximum atomic E-state index is 13.7. The molecule has 0 aromatic carbocycles. The monoisotopic (exact) mass is 392 g/mol. The van der Waals surface area contributed by atoms with Gasteiger partial charge in [0.05, 0.1) is 10.8 Å². The van der Waals surface area contributed by atoms with Crippen molar-refractivity contribution in [3.63, 3.8) is 0 Å². The summed E-state index contributed by atoms with van der Waals surface area (Å²) in [5.41, 5.74) is -1.97. The van der Waals surface area contributed by atoms with E-state index < -0.39 is 16.4 Å². The normalized spacial score (nSPS) is 39.9. The van der Waals surface area contributed by atoms with Gasteiger partial charge in [-0.05, 0) is 55.8 Å². The highest BCUT2D eigenvalue weighted by Crippen LogP contribution is 2.62. The molecule has 0 amide bonds. The molecular formula is C24H40O4. The maximum Gasteiger partial charge on any atom is 0.312 e. The summed E-state index contributed by atoms with van der Waals surface area (Å²) in [6.45, 7) is 19.2. The Hall–Kier alpha value is -1.06. The van der Waals surface area contributed by atoms with E-state index in [-0.39, 0.29) is 34.3 Å². The Bertz CT molecular complexity index is 684. The number of ether oxygens (including phenoxy) is 2. The molecule has 0 N–H and O–H groups in total. The first-order chi connectivity index (χ1) is 12.4. The van der Waals surface area contributed by atoms with Crippen LogP contribution in [0.3, 0.4) is 0 Å². The lowest BCUT2D eigenvalue weighted by Crippen LogP contribution is -2.57. The fraction of sp³-hybridized carbons (Fsp3) is 0.917. The fourth-order valence-corrected chi connectivity index (χ4v) is 6.59. The molecule has 4 nitrogen and oxygen atoms in total. The van der Waals surface area contributed by atoms with Crippen molar-refractivity contribution < 1.29 is 19.1 Å². The summed E-state index contributed by atoms with van der Waals surface area (Å²) >= 11 is 0. The topological polar surface area (TPSA) is 52.6 Å². The van der Waals surface area contributed by atoms with E-state index in [1.165, 1.54) is 0 Å². The average Bonchev–Trinajstić information content (AvgIpc) is 2.51. The highest BCUT2D eigenvalue weighted by atomic mass is 16.6. The molecule has 4 fully saturated rings. The molecule has 4 bridgehead atoms. The molecule has 0 aromatic rings. The van der Waals surface area contributed by atoms with Crippen molar-refractivity contribution in [3.05, 3.63) is 0 Å². The van der Waals surface area contributed by atoms with Crippen molar-refractivity contribution in [2.24, 2.45) is 27.1 Å². The predicted octanol–water partition coefficient (Wildman–Crippen LogP) is 5.67. The zero-order chi connectivity index (χ0) is 21.4. The summed E-state index contributed by atoms with van der Waals surface area (Å²) in [4.78, 5) is 26.5. The van der Waals surface area contributed by atoms with E-state index in [1.54, 1.807) is 0 Å². The Morgan fingerprint density at radius 2 is 1.64 bits per heavy atom. The van der Waals surface area contributed by atoms with Gasteiger partial charge in [-0.3, -0.25) is 9.59 Å². The number of carbonyl (C=O) groups excluding carboxylic acids is 2. The van der Waals surface area contributed by atoms with Crippen molar-refractivity contribution in [3.8, 4) is 0 Å². The van der Waals surface area contributed by atoms with Gasteiger partial charge in [0.2, 0.25) is 0 Å². The van der Waals surface area contributed by atoms with Crippen molar-refractivity contribution in [2.75, 3.05) is 0 Å². The van der Waals surface area contributed by atoms with Gasteiger partial charge < -0.3 is 9.47 Å². The van der Waals surface area contributed by atoms with Crippen LogP contribution in [0.5, 0.6) is 0 Å². The van der Waals surface area contributed by atoms with Crippen LogP contribution in [0.15, 0.2) is 0 Å². The van der Waals surface area contributed by atoms with Crippen molar-refractivity contribution in [1.29, 1.82) is 0 Å². The molecule has 160 valence electrons. The zero-order valence-corrected chi connectivity index (χ0v) is 19.5. The van der Waals surface area contributed by atoms with Crippen LogP contribution in [-0.4, -0.2) is 23.6 Å². The second-order valence-corrected chi connectivity index (χ2v) is 13.2. The molecule has 0 spiro atoms. The highest BCUT2D eigenvalue weighted by Gasteiger charge is 2.64. The minimum absolute atomic E-state index is 0.00941. The third-order valence-corrected chi connectivity index (χ3v) is 7.66. The molecule has 2 aliphatic heterocycles. The van der Waals surface area contributed by atoms with E-state index >= 15 is 0 Å². The Morgan fingerprint density at radius 1 is 1.04 bits per heavy atom. The minimum Gasteiger partial charge on any atom is -0.462 e. The lowest BCUT2D eigenvalue weighted by atomic mass is 9.53. The molecule has 4 rings (SSSR count). The van der Waals surface area contributed by atoms with Crippen LogP contribution >= 0.6 is 0 Å². The number of hydrogen-bond acceptors (Lipinski definition) is 4. The standard InChI is InChI=1S/C24H40O4/c1-19(2,3)12-23(9,20(4,5)6)18(26)28-24-11-16-10-21(7,14-24)13-22(8,15-24)17(25)27-16/h16H,10-15H2,1-9H3. The molecule has 2 saturated heterocycles. The van der Waals surface area contributed by atoms with Gasteiger partial charge in [0.15, 0.2) is 0 Å². The SMILES string of the molecule is CC(C)(C)CC(C)(C(=O)OC12CC3CC(C)(C1)CC(C)(C2)C(=O)O3)C(C)(C)C. The summed E-state index contributed by atoms with van der Waals surface area (Å²) < 4.78 is 12.3. The van der Waals surface area contributed by atoms with E-state index in [0.717, 1.165) is 25.7 Å². The number of fused-ring (bicyclic) bond motifs is 1. The number of rotatable bonds is 3. The summed E-state index contributed by atoms with van der Waals surface area (Å²) in [6.07, 6.45) is 4.40. The van der Waals surface area contributed by atoms with Gasteiger partial charge in [0, 0.05) is 12.8 Å². The van der Waals surface area contributed by atoms with Gasteiger partial charge >= 0.3 is 11.9 Å². The molecule has 2 heterocycles. The quantitative estimate of drug-likeness (QED) is 0.580. The molecule has 2 aliphatic carbocycles. The molecule has 5 unspecified atom stereocenters. The van der Waals surface area contributed by atoms with Gasteiger partial charge in [-0.1, -0.05) is 48.5 Å². The van der Waals surface area contributed by atoms with Crippen LogP contribution in [0.25, 0.3) is 0 Å². The Morgan fingerprint density at radius 3 is 2.18 bits per heavy atom. The van der Waals surface area contributed by atoms with E-state index in [1.807, 2.05) is 6.92 Å². The highest BCUT2D eigenvalue weighted by molar-refractivity contribution is 5.80. The first-order valence-electron chi connectivity index (χ1n) is 10.9. The van der Waals surface area contributed by atoms with E-state index in [2.05, 4.69) is 55.4 Å². The molecule has 2 saturated carbocycles. The first-order valence-corrected chi connectivity index (χ1v) is 10.9. The fourth-order valence-electron chi connectivity index (χ4n) is 6.59. The molecule has 5 atom stereocenters. The Kier molecular flexibility index (Phi) is 4.62. The van der Waals surface area contributed by atoms with Gasteiger partial charge in [0.25, 0.3) is 0 Å². The van der Waals surface area contributed by atoms with Crippen LogP contribution in [-0.2, 0) is 19.1 Å². The third kappa shape index (κ3) is 3.61. The van der Waals surface area contributed by atoms with Crippen LogP contribution in [0.2, 0.25) is 0 Å². The second-order valence-electron chi connectivity index (χ2n) is 13.2. The summed E-state index contributed by atoms with van der Waals surface area (Å²) in [5.74, 6) is -0.219. The lowest BCUT2D eigenvalue weighted by molar-refractivity contribution is -0.203. The van der Waals surface area contributed by atoms with Crippen molar-refractivity contribution in [2.45, 2.75) is 113 Å². The van der Waals surface area contributed by atoms with Crippen molar-refractivity contribution in [1.82, 2.24) is 0 Å². The number of esters is 2. The second kappa shape index (κ2) is 5.98. The summed E-state index contributed by atoms with van der Waals surface area (Å²) in [5, 5.41) is 0. The number of hydrogen-bond donors (Lipinski definition) is 0. The Labute approximate surface area is 171 Å². The lowest BCUT2D eigenvalue weighted by Gasteiger charge is -2.55. The Balaban J connectivity index is 1.95. The summed E-state index contributed by atoms with van der Waals surface area (Å²) in [6, 6.07) is 0. The van der Waals surface area contributed by atoms with E-state index in [9.17, 15) is 9.59 Å². The van der Waals surface area contributed by atoms with Gasteiger partial charge in [-0.2, -0.15) is 0 Å². The molecule has 0 aromatic heterocycles. The largest absolute Gasteiger partial charge is 0.462 e. The van der Waals surface area contributed by atoms with Crippen LogP contribution in [0.4, 0.5) is 0 Å². The van der Waals surface area contributed by atoms with E-state index in [4.69, 9.17) is 9.47 Å². The predicted molar refractivity (Wildman–Crippen MR) is 110 cm³/mol. The molecule has 28 heavy (non-hydrogen) atoms. The maximum absolute atomic E-state index is 13.7. The molecule has 0 radical (unpaired) electrons. The molecular weight excluding hydrogens is 352 g/mol. The summed E-state index contributed by atoms with van der Waals surface area (Å²) in [7, 11) is 0. The minimum atomic E-state index is -0.601. The van der Waals surface area contributed by atoms with Gasteiger partial charge in [-0.25, -0.2) is 0 Å². The van der Waals surface area contributed by atoms with Gasteiger partial charge in [-0.15, -0.1) is 0 Å². The van der Waals surface area contributed by atoms with Crippen LogP contribution in [0, 0.1) is 27.1 Å². The number of carbonyl (C=O) groups is 2. The van der Waals surface area contributed by atoms with Gasteiger partial charge in [0.1, 0.15) is 11.7 Å². The van der Waals surface area contributed by atoms with E-state index in [0.29, 0.717) is 12.8 Å². The first kappa shape index (κ1) is 21.6. The molecule has 4 heteroatoms. The zero-order valence-electron chi connectivity index (χ0n) is 19.5. The average molecular weight is 393 g/mol. The molecule has 4 aliphatic rings. The smallest absolute Gasteiger partial charge is 0.312 e. The van der Waals surface area contributed by atoms with Crippen LogP contribution in [0.1, 0.15) is 101 Å². The van der Waals surface area contributed by atoms with Crippen molar-refractivity contribution >= 4 is 11.9 Å². The van der Waals surface area contributed by atoms with Crippen LogP contribution < -0.4 is 0 Å².